The highest BCUT2D eigenvalue weighted by Crippen LogP contribution is 2.52. The molecule has 8 heteroatoms. The summed E-state index contributed by atoms with van der Waals surface area (Å²) in [4.78, 5) is 22.2. The first-order chi connectivity index (χ1) is 14.2. The summed E-state index contributed by atoms with van der Waals surface area (Å²) in [6, 6.07) is 10.2. The molecule has 0 heterocycles. The summed E-state index contributed by atoms with van der Waals surface area (Å²) in [5.74, 6) is -4.37. The van der Waals surface area contributed by atoms with Crippen LogP contribution in [-0.2, 0) is 14.5 Å². The van der Waals surface area contributed by atoms with Gasteiger partial charge in [-0.2, -0.15) is 0 Å². The Labute approximate surface area is 189 Å². The van der Waals surface area contributed by atoms with Crippen molar-refractivity contribution >= 4 is 96.7 Å². The molecule has 2 atom stereocenters. The van der Waals surface area contributed by atoms with Crippen molar-refractivity contribution in [3.63, 3.8) is 0 Å². The lowest BCUT2D eigenvalue weighted by Gasteiger charge is -2.34. The molecule has 0 amide bonds. The summed E-state index contributed by atoms with van der Waals surface area (Å²) in [7, 11) is 0. The van der Waals surface area contributed by atoms with Crippen molar-refractivity contribution in [3.8, 4) is 0 Å². The first-order valence-corrected chi connectivity index (χ1v) is 10.3. The molecule has 0 saturated carbocycles. The van der Waals surface area contributed by atoms with Crippen molar-refractivity contribution in [1.29, 1.82) is 0 Å². The van der Waals surface area contributed by atoms with Gasteiger partial charge in [0.05, 0.1) is 0 Å². The van der Waals surface area contributed by atoms with Gasteiger partial charge in [0.15, 0.2) is 4.87 Å². The molecule has 150 valence electrons. The maximum absolute atomic E-state index is 12.5. The van der Waals surface area contributed by atoms with E-state index in [0.29, 0.717) is 42.2 Å². The lowest BCUT2D eigenvalue weighted by atomic mass is 9.74. The number of hydrogen-bond acceptors (Lipinski definition) is 2. The van der Waals surface area contributed by atoms with Gasteiger partial charge in [-0.1, -0.05) is 59.1 Å². The van der Waals surface area contributed by atoms with Gasteiger partial charge in [0.1, 0.15) is 5.92 Å². The molecule has 1 aliphatic carbocycles. The maximum atomic E-state index is 12.5. The topological polar surface area (TPSA) is 74.6 Å². The predicted molar refractivity (Wildman–Crippen MR) is 120 cm³/mol. The molecular formula is C22H10Cl4O4. The van der Waals surface area contributed by atoms with Crippen molar-refractivity contribution in [2.75, 3.05) is 0 Å². The third kappa shape index (κ3) is 2.31. The Balaban J connectivity index is 2.26. The van der Waals surface area contributed by atoms with Gasteiger partial charge < -0.3 is 10.2 Å². The molecule has 2 unspecified atom stereocenters. The van der Waals surface area contributed by atoms with Crippen LogP contribution in [0.25, 0.3) is 38.4 Å². The Kier molecular flexibility index (Phi) is 4.19. The monoisotopic (exact) mass is 478 g/mol. The second-order valence-corrected chi connectivity index (χ2v) is 9.02. The Morgan fingerprint density at radius 2 is 1.30 bits per heavy atom. The SMILES string of the molecule is O=C(O)C1C=c2ccc(Cl)c3c2c(c2c(Cl)ccc4ccc(Cl)c3c42)C1(Cl)C(=O)O. The fraction of sp³-hybridized carbons (Fsp3) is 0.0909. The smallest absolute Gasteiger partial charge is 0.330 e. The van der Waals surface area contributed by atoms with Crippen molar-refractivity contribution in [1.82, 2.24) is 0 Å². The normalized spacial score (nSPS) is 20.6. The quantitative estimate of drug-likeness (QED) is 0.215. The number of carboxylic acids is 2. The van der Waals surface area contributed by atoms with E-state index in [-0.39, 0.29) is 10.6 Å². The number of alkyl halides is 1. The highest BCUT2D eigenvalue weighted by Gasteiger charge is 2.53. The highest BCUT2D eigenvalue weighted by molar-refractivity contribution is 6.49. The molecule has 0 aliphatic heterocycles. The molecule has 0 aromatic heterocycles. The molecule has 5 rings (SSSR count). The molecule has 0 spiro atoms. The molecule has 0 fully saturated rings. The average molecular weight is 480 g/mol. The van der Waals surface area contributed by atoms with Gasteiger partial charge >= 0.3 is 11.9 Å². The fourth-order valence-electron chi connectivity index (χ4n) is 4.52. The Hall–Kier alpha value is -2.24. The van der Waals surface area contributed by atoms with E-state index < -0.39 is 22.7 Å². The van der Waals surface area contributed by atoms with Crippen LogP contribution in [-0.4, -0.2) is 22.2 Å². The molecule has 2 N–H and O–H groups in total. The molecule has 30 heavy (non-hydrogen) atoms. The largest absolute Gasteiger partial charge is 0.481 e. The van der Waals surface area contributed by atoms with E-state index in [9.17, 15) is 19.8 Å². The summed E-state index contributed by atoms with van der Waals surface area (Å²) >= 11 is 26.4. The number of carbonyl (C=O) groups is 2. The zero-order chi connectivity index (χ0) is 21.5. The predicted octanol–water partition coefficient (Wildman–Crippen LogP) is 5.84. The van der Waals surface area contributed by atoms with Crippen LogP contribution in [0.1, 0.15) is 5.56 Å². The summed E-state index contributed by atoms with van der Waals surface area (Å²) in [6.45, 7) is 0. The van der Waals surface area contributed by atoms with Crippen LogP contribution in [0.15, 0.2) is 36.4 Å². The van der Waals surface area contributed by atoms with Crippen molar-refractivity contribution < 1.29 is 19.8 Å². The summed E-state index contributed by atoms with van der Waals surface area (Å²) in [5.41, 5.74) is 0.115. The van der Waals surface area contributed by atoms with Crippen molar-refractivity contribution in [2.45, 2.75) is 4.87 Å². The van der Waals surface area contributed by atoms with Crippen LogP contribution in [0.5, 0.6) is 0 Å². The van der Waals surface area contributed by atoms with Gasteiger partial charge in [-0.05, 0) is 34.2 Å². The van der Waals surface area contributed by atoms with Crippen LogP contribution in [0.4, 0.5) is 0 Å². The fourth-order valence-corrected chi connectivity index (χ4v) is 5.62. The summed E-state index contributed by atoms with van der Waals surface area (Å²) in [5, 5.41) is 24.8. The minimum atomic E-state index is -2.30. The van der Waals surface area contributed by atoms with Gasteiger partial charge in [-0.15, -0.1) is 11.6 Å². The number of halogens is 4. The molecular weight excluding hydrogens is 470 g/mol. The highest BCUT2D eigenvalue weighted by atomic mass is 35.5. The zero-order valence-corrected chi connectivity index (χ0v) is 17.9. The van der Waals surface area contributed by atoms with Gasteiger partial charge in [0.2, 0.25) is 0 Å². The Morgan fingerprint density at radius 1 is 0.767 bits per heavy atom. The van der Waals surface area contributed by atoms with Crippen LogP contribution in [0, 0.1) is 5.92 Å². The van der Waals surface area contributed by atoms with Gasteiger partial charge in [0.25, 0.3) is 0 Å². The average Bonchev–Trinajstić information content (AvgIpc) is 2.70. The second kappa shape index (κ2) is 6.38. The minimum absolute atomic E-state index is 0.115. The van der Waals surface area contributed by atoms with Crippen molar-refractivity contribution in [2.24, 2.45) is 5.92 Å². The van der Waals surface area contributed by atoms with E-state index in [0.717, 1.165) is 5.39 Å². The zero-order valence-electron chi connectivity index (χ0n) is 14.8. The number of rotatable bonds is 2. The van der Waals surface area contributed by atoms with Crippen LogP contribution in [0.3, 0.4) is 0 Å². The number of fused-ring (bicyclic) bond motifs is 2. The Bertz CT molecular complexity index is 1510. The summed E-state index contributed by atoms with van der Waals surface area (Å²) in [6.07, 6.45) is 1.35. The lowest BCUT2D eigenvalue weighted by Crippen LogP contribution is -2.44. The molecule has 1 aliphatic rings. The third-order valence-electron chi connectivity index (χ3n) is 5.74. The molecule has 4 nitrogen and oxygen atoms in total. The Morgan fingerprint density at radius 3 is 1.87 bits per heavy atom. The summed E-state index contributed by atoms with van der Waals surface area (Å²) < 4.78 is 0. The molecule has 4 aromatic carbocycles. The lowest BCUT2D eigenvalue weighted by molar-refractivity contribution is -0.149. The van der Waals surface area contributed by atoms with E-state index in [4.69, 9.17) is 46.4 Å². The number of hydrogen-bond donors (Lipinski definition) is 2. The second-order valence-electron chi connectivity index (χ2n) is 7.20. The van der Waals surface area contributed by atoms with Crippen LogP contribution >= 0.6 is 46.4 Å². The number of benzene rings is 4. The number of aliphatic carboxylic acids is 2. The van der Waals surface area contributed by atoms with Gasteiger partial charge in [-0.25, -0.2) is 4.79 Å². The standard InChI is InChI=1S/C22H10Cl4O4/c23-11-4-1-8-2-5-13(25)18-14(8)16(11)17-12(24)6-3-9-7-10(20(27)28)22(26,21(29)30)19(18)15(9)17/h1-7,10H,(H,27,28)(H,29,30). The van der Waals surface area contributed by atoms with Crippen molar-refractivity contribution in [3.05, 3.63) is 62.2 Å². The first-order valence-electron chi connectivity index (χ1n) is 8.79. The van der Waals surface area contributed by atoms with E-state index in [1.165, 1.54) is 6.08 Å². The van der Waals surface area contributed by atoms with Crippen LogP contribution < -0.4 is 5.22 Å². The maximum Gasteiger partial charge on any atom is 0.330 e. The number of carboxylic acid groups (broad SMARTS) is 2. The molecule has 0 radical (unpaired) electrons. The first kappa shape index (κ1) is 19.7. The van der Waals surface area contributed by atoms with E-state index in [1.807, 2.05) is 0 Å². The minimum Gasteiger partial charge on any atom is -0.481 e. The molecule has 0 bridgehead atoms. The molecule has 4 aromatic rings. The van der Waals surface area contributed by atoms with E-state index in [2.05, 4.69) is 0 Å². The molecule has 0 saturated heterocycles. The van der Waals surface area contributed by atoms with E-state index >= 15 is 0 Å². The van der Waals surface area contributed by atoms with Gasteiger partial charge in [-0.3, -0.25) is 4.79 Å². The third-order valence-corrected chi connectivity index (χ3v) is 7.27. The van der Waals surface area contributed by atoms with Gasteiger partial charge in [0, 0.05) is 42.2 Å². The van der Waals surface area contributed by atoms with E-state index in [1.54, 1.807) is 36.4 Å². The van der Waals surface area contributed by atoms with Crippen LogP contribution in [0.2, 0.25) is 15.1 Å².